The van der Waals surface area contributed by atoms with Crippen LogP contribution in [0.15, 0.2) is 18.2 Å². The van der Waals surface area contributed by atoms with Gasteiger partial charge in [0.05, 0.1) is 13.2 Å². The maximum atomic E-state index is 10.7. The van der Waals surface area contributed by atoms with Gasteiger partial charge >= 0.3 is 0 Å². The topological polar surface area (TPSA) is 29.5 Å². The van der Waals surface area contributed by atoms with Crippen LogP contribution in [0.3, 0.4) is 0 Å². The lowest BCUT2D eigenvalue weighted by Crippen LogP contribution is -2.25. The highest BCUT2D eigenvalue weighted by Crippen LogP contribution is 2.42. The van der Waals surface area contributed by atoms with Crippen LogP contribution in [0.2, 0.25) is 5.02 Å². The molecule has 2 nitrogen and oxygen atoms in total. The van der Waals surface area contributed by atoms with E-state index in [2.05, 4.69) is 13.8 Å². The van der Waals surface area contributed by atoms with Gasteiger partial charge in [0.15, 0.2) is 0 Å². The predicted octanol–water partition coefficient (Wildman–Crippen LogP) is 4.45. The fraction of sp³-hybridized carbons (Fsp3) is 0.625. The molecule has 3 heteroatoms. The first kappa shape index (κ1) is 14.7. The van der Waals surface area contributed by atoms with Crippen LogP contribution < -0.4 is 4.74 Å². The summed E-state index contributed by atoms with van der Waals surface area (Å²) in [5.41, 5.74) is 0.859. The van der Waals surface area contributed by atoms with Gasteiger partial charge in [0.25, 0.3) is 0 Å². The molecular weight excluding hydrogens is 260 g/mol. The van der Waals surface area contributed by atoms with Crippen molar-refractivity contribution < 1.29 is 9.84 Å². The molecule has 0 bridgehead atoms. The highest BCUT2D eigenvalue weighted by atomic mass is 35.5. The molecule has 1 aromatic rings. The Balaban J connectivity index is 2.21. The molecule has 0 aromatic heterocycles. The van der Waals surface area contributed by atoms with Crippen molar-refractivity contribution >= 4 is 11.6 Å². The summed E-state index contributed by atoms with van der Waals surface area (Å²) < 4.78 is 5.35. The zero-order valence-electron chi connectivity index (χ0n) is 11.9. The Kier molecular flexibility index (Phi) is 4.75. The molecule has 3 unspecified atom stereocenters. The molecule has 1 fully saturated rings. The molecule has 1 aliphatic carbocycles. The first-order valence-corrected chi connectivity index (χ1v) is 7.40. The highest BCUT2D eigenvalue weighted by molar-refractivity contribution is 6.30. The van der Waals surface area contributed by atoms with Crippen LogP contribution in [0.25, 0.3) is 0 Å². The Labute approximate surface area is 120 Å². The normalized spacial score (nSPS) is 29.0. The van der Waals surface area contributed by atoms with E-state index in [1.54, 1.807) is 13.2 Å². The van der Waals surface area contributed by atoms with Gasteiger partial charge in [-0.25, -0.2) is 0 Å². The molecule has 0 saturated heterocycles. The Morgan fingerprint density at radius 1 is 1.21 bits per heavy atom. The van der Waals surface area contributed by atoms with Crippen LogP contribution in [0.5, 0.6) is 5.75 Å². The molecule has 1 aromatic carbocycles. The van der Waals surface area contributed by atoms with Gasteiger partial charge in [-0.05, 0) is 49.1 Å². The lowest BCUT2D eigenvalue weighted by Gasteiger charge is -2.34. The van der Waals surface area contributed by atoms with Crippen LogP contribution in [0.4, 0.5) is 0 Å². The van der Waals surface area contributed by atoms with Gasteiger partial charge in [-0.3, -0.25) is 0 Å². The number of rotatable bonds is 3. The number of ether oxygens (including phenoxy) is 1. The van der Waals surface area contributed by atoms with E-state index in [1.165, 1.54) is 6.42 Å². The maximum absolute atomic E-state index is 10.7. The summed E-state index contributed by atoms with van der Waals surface area (Å²) in [6.45, 7) is 4.54. The quantitative estimate of drug-likeness (QED) is 0.887. The van der Waals surface area contributed by atoms with Crippen LogP contribution >= 0.6 is 11.6 Å². The van der Waals surface area contributed by atoms with E-state index in [0.717, 1.165) is 18.4 Å². The van der Waals surface area contributed by atoms with Crippen LogP contribution in [-0.2, 0) is 0 Å². The molecule has 0 amide bonds. The largest absolute Gasteiger partial charge is 0.496 e. The van der Waals surface area contributed by atoms with E-state index in [-0.39, 0.29) is 0 Å². The number of hydrogen-bond donors (Lipinski definition) is 1. The van der Waals surface area contributed by atoms with E-state index in [4.69, 9.17) is 16.3 Å². The molecule has 3 atom stereocenters. The molecule has 106 valence electrons. The minimum atomic E-state index is -0.461. The molecule has 1 aliphatic rings. The molecule has 2 rings (SSSR count). The summed E-state index contributed by atoms with van der Waals surface area (Å²) in [4.78, 5) is 0. The monoisotopic (exact) mass is 282 g/mol. The number of hydrogen-bond acceptors (Lipinski definition) is 2. The van der Waals surface area contributed by atoms with Crippen LogP contribution in [0.1, 0.15) is 44.8 Å². The fourth-order valence-corrected chi connectivity index (χ4v) is 3.61. The lowest BCUT2D eigenvalue weighted by molar-refractivity contribution is 0.0534. The third kappa shape index (κ3) is 3.43. The SMILES string of the molecule is COc1cc(Cl)ccc1C(O)C1CC(C)CC(C)C1. The second-order valence-electron chi connectivity index (χ2n) is 6.01. The smallest absolute Gasteiger partial charge is 0.126 e. The predicted molar refractivity (Wildman–Crippen MR) is 78.6 cm³/mol. The van der Waals surface area contributed by atoms with Gasteiger partial charge < -0.3 is 9.84 Å². The summed E-state index contributed by atoms with van der Waals surface area (Å²) in [5.74, 6) is 2.36. The average Bonchev–Trinajstić information content (AvgIpc) is 2.36. The van der Waals surface area contributed by atoms with Crippen molar-refractivity contribution in [2.75, 3.05) is 7.11 Å². The summed E-state index contributed by atoms with van der Waals surface area (Å²) in [5, 5.41) is 11.3. The van der Waals surface area contributed by atoms with Crippen molar-refractivity contribution in [3.8, 4) is 5.75 Å². The molecular formula is C16H23ClO2. The van der Waals surface area contributed by atoms with E-state index in [1.807, 2.05) is 12.1 Å². The zero-order valence-corrected chi connectivity index (χ0v) is 12.7. The van der Waals surface area contributed by atoms with Gasteiger partial charge in [-0.2, -0.15) is 0 Å². The van der Waals surface area contributed by atoms with Crippen molar-refractivity contribution in [3.05, 3.63) is 28.8 Å². The molecule has 0 spiro atoms. The van der Waals surface area contributed by atoms with Crippen molar-refractivity contribution in [2.45, 2.75) is 39.2 Å². The Morgan fingerprint density at radius 2 is 1.84 bits per heavy atom. The minimum absolute atomic E-state index is 0.314. The van der Waals surface area contributed by atoms with Gasteiger partial charge in [0, 0.05) is 10.6 Å². The first-order chi connectivity index (χ1) is 9.01. The van der Waals surface area contributed by atoms with Crippen molar-refractivity contribution in [3.63, 3.8) is 0 Å². The van der Waals surface area contributed by atoms with E-state index >= 15 is 0 Å². The van der Waals surface area contributed by atoms with Gasteiger partial charge in [-0.15, -0.1) is 0 Å². The van der Waals surface area contributed by atoms with Gasteiger partial charge in [0.2, 0.25) is 0 Å². The minimum Gasteiger partial charge on any atom is -0.496 e. The summed E-state index contributed by atoms with van der Waals surface area (Å²) in [7, 11) is 1.62. The molecule has 19 heavy (non-hydrogen) atoms. The standard InChI is InChI=1S/C16H23ClO2/c1-10-6-11(2)8-12(7-10)16(18)14-5-4-13(17)9-15(14)19-3/h4-5,9-12,16,18H,6-8H2,1-3H3. The number of methoxy groups -OCH3 is 1. The summed E-state index contributed by atoms with van der Waals surface area (Å²) in [6.07, 6.45) is 2.97. The van der Waals surface area contributed by atoms with Crippen molar-refractivity contribution in [1.82, 2.24) is 0 Å². The molecule has 0 aliphatic heterocycles. The summed E-state index contributed by atoms with van der Waals surface area (Å²) >= 11 is 5.97. The van der Waals surface area contributed by atoms with E-state index in [9.17, 15) is 5.11 Å². The second-order valence-corrected chi connectivity index (χ2v) is 6.45. The second kappa shape index (κ2) is 6.15. The molecule has 1 N–H and O–H groups in total. The van der Waals surface area contributed by atoms with E-state index in [0.29, 0.717) is 28.5 Å². The number of benzene rings is 1. The third-order valence-electron chi connectivity index (χ3n) is 4.18. The number of halogens is 1. The third-order valence-corrected chi connectivity index (χ3v) is 4.41. The van der Waals surface area contributed by atoms with Crippen molar-refractivity contribution in [2.24, 2.45) is 17.8 Å². The molecule has 0 heterocycles. The number of aliphatic hydroxyl groups is 1. The van der Waals surface area contributed by atoms with Crippen LogP contribution in [0, 0.1) is 17.8 Å². The number of aliphatic hydroxyl groups excluding tert-OH is 1. The van der Waals surface area contributed by atoms with E-state index < -0.39 is 6.10 Å². The van der Waals surface area contributed by atoms with Gasteiger partial charge in [0.1, 0.15) is 5.75 Å². The Morgan fingerprint density at radius 3 is 2.42 bits per heavy atom. The Hall–Kier alpha value is -0.730. The maximum Gasteiger partial charge on any atom is 0.126 e. The zero-order chi connectivity index (χ0) is 14.0. The Bertz CT molecular complexity index is 423. The lowest BCUT2D eigenvalue weighted by atomic mass is 9.73. The van der Waals surface area contributed by atoms with Crippen LogP contribution in [-0.4, -0.2) is 12.2 Å². The fourth-order valence-electron chi connectivity index (χ4n) is 3.45. The first-order valence-electron chi connectivity index (χ1n) is 7.02. The average molecular weight is 283 g/mol. The van der Waals surface area contributed by atoms with Crippen molar-refractivity contribution in [1.29, 1.82) is 0 Å². The van der Waals surface area contributed by atoms with Gasteiger partial charge in [-0.1, -0.05) is 31.5 Å². The highest BCUT2D eigenvalue weighted by Gasteiger charge is 2.31. The molecule has 0 radical (unpaired) electrons. The summed E-state index contributed by atoms with van der Waals surface area (Å²) in [6, 6.07) is 5.48. The molecule has 1 saturated carbocycles.